The lowest BCUT2D eigenvalue weighted by molar-refractivity contribution is -0.119. The average Bonchev–Trinajstić information content (AvgIpc) is 2.83. The van der Waals surface area contributed by atoms with Crippen molar-refractivity contribution in [1.82, 2.24) is 14.3 Å². The Bertz CT molecular complexity index is 651. The number of alkyl halides is 3. The van der Waals surface area contributed by atoms with Crippen LogP contribution in [0.15, 0.2) is 0 Å². The van der Waals surface area contributed by atoms with Gasteiger partial charge >= 0.3 is 10.2 Å². The minimum absolute atomic E-state index is 0.0821. The van der Waals surface area contributed by atoms with Crippen molar-refractivity contribution in [2.45, 2.75) is 69.3 Å². The fraction of sp³-hybridized carbons (Fsp3) is 0.938. The van der Waals surface area contributed by atoms with Crippen molar-refractivity contribution in [1.29, 1.82) is 0 Å². The highest BCUT2D eigenvalue weighted by Crippen LogP contribution is 2.44. The molecule has 3 rings (SSSR count). The lowest BCUT2D eigenvalue weighted by Crippen LogP contribution is -2.59. The first kappa shape index (κ1) is 20.8. The van der Waals surface area contributed by atoms with Crippen molar-refractivity contribution in [3.8, 4) is 0 Å². The van der Waals surface area contributed by atoms with Gasteiger partial charge in [0.15, 0.2) is 0 Å². The van der Waals surface area contributed by atoms with Crippen LogP contribution in [0.4, 0.5) is 13.2 Å². The minimum Gasteiger partial charge on any atom is -0.391 e. The predicted molar refractivity (Wildman–Crippen MR) is 90.9 cm³/mol. The Balaban J connectivity index is 1.59. The average molecular weight is 413 g/mol. The molecule has 3 aliphatic rings. The van der Waals surface area contributed by atoms with Gasteiger partial charge in [-0.3, -0.25) is 4.79 Å². The van der Waals surface area contributed by atoms with E-state index in [0.29, 0.717) is 32.2 Å². The SMILES string of the molecule is O=C1CN(C2C(O)CC3CC(NCCCC(F)F)CCC3C2F)S(=O)(=O)N1. The molecule has 11 heteroatoms. The number of hydrogen-bond acceptors (Lipinski definition) is 5. The summed E-state index contributed by atoms with van der Waals surface area (Å²) in [5, 5.41) is 13.7. The quantitative estimate of drug-likeness (QED) is 0.553. The Labute approximate surface area is 156 Å². The van der Waals surface area contributed by atoms with Crippen LogP contribution in [0.25, 0.3) is 0 Å². The number of aliphatic hydroxyl groups is 1. The molecule has 1 saturated heterocycles. The molecule has 0 spiro atoms. The van der Waals surface area contributed by atoms with E-state index in [1.807, 2.05) is 4.72 Å². The van der Waals surface area contributed by atoms with Crippen molar-refractivity contribution >= 4 is 16.1 Å². The number of amides is 1. The van der Waals surface area contributed by atoms with E-state index in [1.54, 1.807) is 0 Å². The van der Waals surface area contributed by atoms with Gasteiger partial charge in [0.05, 0.1) is 18.7 Å². The maximum Gasteiger partial charge on any atom is 0.304 e. The van der Waals surface area contributed by atoms with Gasteiger partial charge in [0.1, 0.15) is 6.17 Å². The molecule has 156 valence electrons. The molecule has 0 radical (unpaired) electrons. The zero-order valence-electron chi connectivity index (χ0n) is 14.9. The van der Waals surface area contributed by atoms with Gasteiger partial charge in [-0.25, -0.2) is 17.9 Å². The van der Waals surface area contributed by atoms with E-state index < -0.39 is 47.4 Å². The predicted octanol–water partition coefficient (Wildman–Crippen LogP) is 0.554. The second kappa shape index (κ2) is 8.22. The van der Waals surface area contributed by atoms with Gasteiger partial charge in [-0.1, -0.05) is 0 Å². The van der Waals surface area contributed by atoms with Gasteiger partial charge in [0.25, 0.3) is 0 Å². The van der Waals surface area contributed by atoms with Crippen molar-refractivity contribution < 1.29 is 31.5 Å². The maximum absolute atomic E-state index is 15.2. The zero-order chi connectivity index (χ0) is 19.8. The van der Waals surface area contributed by atoms with Crippen LogP contribution < -0.4 is 10.0 Å². The van der Waals surface area contributed by atoms with E-state index in [4.69, 9.17) is 0 Å². The van der Waals surface area contributed by atoms with Crippen molar-refractivity contribution in [3.05, 3.63) is 0 Å². The summed E-state index contributed by atoms with van der Waals surface area (Å²) in [5.74, 6) is -1.22. The van der Waals surface area contributed by atoms with Gasteiger partial charge in [-0.15, -0.1) is 0 Å². The van der Waals surface area contributed by atoms with E-state index in [-0.39, 0.29) is 30.7 Å². The summed E-state index contributed by atoms with van der Waals surface area (Å²) in [6.45, 7) is -0.00733. The van der Waals surface area contributed by atoms with Crippen molar-refractivity contribution in [2.24, 2.45) is 11.8 Å². The number of hydrogen-bond donors (Lipinski definition) is 3. The van der Waals surface area contributed by atoms with Crippen LogP contribution in [0.5, 0.6) is 0 Å². The third-order valence-corrected chi connectivity index (χ3v) is 7.41. The molecule has 7 nitrogen and oxygen atoms in total. The summed E-state index contributed by atoms with van der Waals surface area (Å²) >= 11 is 0. The van der Waals surface area contributed by atoms with Crippen LogP contribution in [0.1, 0.15) is 38.5 Å². The molecule has 1 aliphatic heterocycles. The Morgan fingerprint density at radius 3 is 2.67 bits per heavy atom. The van der Waals surface area contributed by atoms with E-state index in [0.717, 1.165) is 4.31 Å². The minimum atomic E-state index is -4.11. The molecule has 0 aromatic heterocycles. The molecule has 0 aromatic rings. The molecule has 2 saturated carbocycles. The summed E-state index contributed by atoms with van der Waals surface area (Å²) in [4.78, 5) is 11.4. The lowest BCUT2D eigenvalue weighted by Gasteiger charge is -2.48. The molecule has 3 fully saturated rings. The number of carbonyl (C=O) groups is 1. The number of nitrogens with one attached hydrogen (secondary N) is 2. The van der Waals surface area contributed by atoms with Crippen LogP contribution in [0, 0.1) is 11.8 Å². The molecule has 0 bridgehead atoms. The van der Waals surface area contributed by atoms with Crippen LogP contribution >= 0.6 is 0 Å². The maximum atomic E-state index is 15.2. The number of aliphatic hydroxyl groups excluding tert-OH is 1. The Morgan fingerprint density at radius 2 is 2.04 bits per heavy atom. The van der Waals surface area contributed by atoms with Gasteiger partial charge in [-0.05, 0) is 50.5 Å². The standard InChI is InChI=1S/C16H26F3N3O4S/c17-13(18)2-1-5-20-10-3-4-11-9(6-10)7-12(23)16(15(11)19)22-8-14(24)21-27(22,25)26/h9-13,15-16,20,23H,1-8H2,(H,21,24). The monoisotopic (exact) mass is 413 g/mol. The third kappa shape index (κ3) is 4.57. The van der Waals surface area contributed by atoms with Crippen LogP contribution in [0.2, 0.25) is 0 Å². The molecule has 2 aliphatic carbocycles. The highest BCUT2D eigenvalue weighted by molar-refractivity contribution is 7.88. The van der Waals surface area contributed by atoms with Crippen LogP contribution in [0.3, 0.4) is 0 Å². The third-order valence-electron chi connectivity index (χ3n) is 5.93. The van der Waals surface area contributed by atoms with Crippen molar-refractivity contribution in [2.75, 3.05) is 13.1 Å². The van der Waals surface area contributed by atoms with E-state index >= 15 is 4.39 Å². The number of rotatable bonds is 6. The number of nitrogens with zero attached hydrogens (tertiary/aromatic N) is 1. The Morgan fingerprint density at radius 1 is 1.30 bits per heavy atom. The molecule has 0 aromatic carbocycles. The zero-order valence-corrected chi connectivity index (χ0v) is 15.7. The number of carbonyl (C=O) groups excluding carboxylic acids is 1. The molecule has 1 heterocycles. The van der Waals surface area contributed by atoms with Gasteiger partial charge in [-0.2, -0.15) is 12.7 Å². The summed E-state index contributed by atoms with van der Waals surface area (Å²) < 4.78 is 66.1. The highest BCUT2D eigenvalue weighted by atomic mass is 32.2. The van der Waals surface area contributed by atoms with E-state index in [2.05, 4.69) is 5.32 Å². The number of fused-ring (bicyclic) bond motifs is 1. The molecule has 6 unspecified atom stereocenters. The molecule has 1 amide bonds. The lowest BCUT2D eigenvalue weighted by atomic mass is 9.66. The topological polar surface area (TPSA) is 98.7 Å². The molecular weight excluding hydrogens is 387 g/mol. The van der Waals surface area contributed by atoms with Crippen molar-refractivity contribution in [3.63, 3.8) is 0 Å². The van der Waals surface area contributed by atoms with Gasteiger partial charge in [0, 0.05) is 12.5 Å². The molecule has 3 N–H and O–H groups in total. The second-order valence-electron chi connectivity index (χ2n) is 7.73. The fourth-order valence-electron chi connectivity index (χ4n) is 4.72. The first-order valence-corrected chi connectivity index (χ1v) is 10.8. The largest absolute Gasteiger partial charge is 0.391 e. The Hall–Kier alpha value is -0.910. The first-order chi connectivity index (χ1) is 12.7. The molecule has 6 atom stereocenters. The normalized spacial score (nSPS) is 39.4. The van der Waals surface area contributed by atoms with Crippen LogP contribution in [-0.4, -0.2) is 67.6 Å². The van der Waals surface area contributed by atoms with Gasteiger partial charge in [0.2, 0.25) is 12.3 Å². The number of halogens is 3. The Kier molecular flexibility index (Phi) is 6.34. The highest BCUT2D eigenvalue weighted by Gasteiger charge is 2.53. The smallest absolute Gasteiger partial charge is 0.304 e. The molecule has 27 heavy (non-hydrogen) atoms. The summed E-state index contributed by atoms with van der Waals surface area (Å²) in [6, 6.07) is -1.18. The van der Waals surface area contributed by atoms with Crippen LogP contribution in [-0.2, 0) is 15.0 Å². The van der Waals surface area contributed by atoms with Gasteiger partial charge < -0.3 is 10.4 Å². The van der Waals surface area contributed by atoms with E-state index in [9.17, 15) is 27.1 Å². The summed E-state index contributed by atoms with van der Waals surface area (Å²) in [7, 11) is -4.11. The fourth-order valence-corrected chi connectivity index (χ4v) is 6.05. The first-order valence-electron chi connectivity index (χ1n) is 9.35. The second-order valence-corrected chi connectivity index (χ2v) is 9.36. The molecular formula is C16H26F3N3O4S. The van der Waals surface area contributed by atoms with E-state index in [1.165, 1.54) is 0 Å². The summed E-state index contributed by atoms with van der Waals surface area (Å²) in [5.41, 5.74) is 0. The summed E-state index contributed by atoms with van der Waals surface area (Å²) in [6.07, 6.45) is -2.79.